The van der Waals surface area contributed by atoms with E-state index in [1.807, 2.05) is 20.8 Å². The molecule has 2 aromatic rings. The molecule has 0 bridgehead atoms. The van der Waals surface area contributed by atoms with Gasteiger partial charge in [0.25, 0.3) is 0 Å². The van der Waals surface area contributed by atoms with Crippen LogP contribution in [0.1, 0.15) is 34.1 Å². The van der Waals surface area contributed by atoms with E-state index in [-0.39, 0.29) is 10.8 Å². The van der Waals surface area contributed by atoms with Crippen molar-refractivity contribution in [2.24, 2.45) is 0 Å². The van der Waals surface area contributed by atoms with Crippen molar-refractivity contribution in [1.29, 1.82) is 0 Å². The van der Waals surface area contributed by atoms with Crippen molar-refractivity contribution in [2.45, 2.75) is 44.9 Å². The lowest BCUT2D eigenvalue weighted by Crippen LogP contribution is -2.49. The molecule has 0 amide bonds. The fourth-order valence-corrected chi connectivity index (χ4v) is 6.82. The van der Waals surface area contributed by atoms with Gasteiger partial charge in [0.2, 0.25) is 5.11 Å². The molecule has 2 N–H and O–H groups in total. The van der Waals surface area contributed by atoms with Crippen molar-refractivity contribution in [1.82, 2.24) is 10.0 Å². The maximum atomic E-state index is 12.4. The molecule has 0 unspecified atom stereocenters. The molecule has 3 nitrogen and oxygen atoms in total. The van der Waals surface area contributed by atoms with Crippen LogP contribution in [0, 0.1) is 0 Å². The third-order valence-corrected chi connectivity index (χ3v) is 9.22. The molecule has 0 aliphatic heterocycles. The maximum absolute atomic E-state index is 12.4. The van der Waals surface area contributed by atoms with Crippen LogP contribution in [0.3, 0.4) is 0 Å². The predicted molar refractivity (Wildman–Crippen MR) is 136 cm³/mol. The van der Waals surface area contributed by atoms with E-state index in [9.17, 15) is 4.55 Å². The zero-order chi connectivity index (χ0) is 21.7. The molecule has 0 saturated carbocycles. The number of allylic oxidation sites excluding steroid dienone is 3. The Hall–Kier alpha value is -1.65. The third kappa shape index (κ3) is 5.73. The van der Waals surface area contributed by atoms with Crippen molar-refractivity contribution in [3.8, 4) is 0 Å². The third-order valence-electron chi connectivity index (χ3n) is 4.82. The summed E-state index contributed by atoms with van der Waals surface area (Å²) >= 11 is 4.21. The van der Waals surface area contributed by atoms with E-state index in [0.717, 1.165) is 6.42 Å². The summed E-state index contributed by atoms with van der Waals surface area (Å²) in [7, 11) is -0.655. The van der Waals surface area contributed by atoms with Gasteiger partial charge in [-0.25, -0.2) is 0 Å². The highest BCUT2D eigenvalue weighted by atomic mass is 32.2. The topological polar surface area (TPSA) is 47.1 Å². The zero-order valence-electron chi connectivity index (χ0n) is 17.9. The van der Waals surface area contributed by atoms with Crippen LogP contribution in [0.25, 0.3) is 0 Å². The number of thiocarbonyl (C=S) groups is 1. The summed E-state index contributed by atoms with van der Waals surface area (Å²) in [5.41, 5.74) is 1.33. The molecular formula is C24H29N2OPS2. The second-order valence-electron chi connectivity index (χ2n) is 8.20. The highest BCUT2D eigenvalue weighted by Crippen LogP contribution is 2.48. The molecule has 2 aromatic carbocycles. The van der Waals surface area contributed by atoms with Gasteiger partial charge in [0, 0.05) is 6.04 Å². The molecule has 1 aliphatic rings. The lowest BCUT2D eigenvalue weighted by atomic mass is 10.1. The van der Waals surface area contributed by atoms with Gasteiger partial charge < -0.3 is 9.87 Å². The van der Waals surface area contributed by atoms with E-state index in [1.54, 1.807) is 0 Å². The second-order valence-corrected chi connectivity index (χ2v) is 12.8. The molecule has 0 fully saturated rings. The molecule has 0 spiro atoms. The van der Waals surface area contributed by atoms with Crippen LogP contribution in [0.5, 0.6) is 0 Å². The summed E-state index contributed by atoms with van der Waals surface area (Å²) in [6.45, 7) is 7.91. The first-order valence-corrected chi connectivity index (χ1v) is 13.0. The van der Waals surface area contributed by atoms with Crippen LogP contribution in [-0.2, 0) is 11.4 Å². The highest BCUT2D eigenvalue weighted by Gasteiger charge is 2.29. The zero-order valence-corrected chi connectivity index (χ0v) is 20.4. The van der Waals surface area contributed by atoms with Crippen molar-refractivity contribution < 1.29 is 4.55 Å². The molecule has 0 heterocycles. The van der Waals surface area contributed by atoms with Crippen LogP contribution in [-0.4, -0.2) is 20.5 Å². The summed E-state index contributed by atoms with van der Waals surface area (Å²) in [5.74, 6) is 0. The minimum Gasteiger partial charge on any atom is -0.593 e. The maximum Gasteiger partial charge on any atom is 0.210 e. The minimum atomic E-state index is -1.24. The normalized spacial score (nSPS) is 15.9. The molecule has 158 valence electrons. The van der Waals surface area contributed by atoms with E-state index in [2.05, 4.69) is 89.8 Å². The molecule has 0 aromatic heterocycles. The average molecular weight is 457 g/mol. The summed E-state index contributed by atoms with van der Waals surface area (Å²) in [6.07, 6.45) is 5.39. The number of hydrogen-bond acceptors (Lipinski definition) is 2. The molecule has 0 saturated heterocycles. The van der Waals surface area contributed by atoms with Crippen LogP contribution in [0.15, 0.2) is 83.7 Å². The lowest BCUT2D eigenvalue weighted by molar-refractivity contribution is 0.554. The van der Waals surface area contributed by atoms with E-state index >= 15 is 0 Å². The number of rotatable bonds is 6. The Labute approximate surface area is 190 Å². The summed E-state index contributed by atoms with van der Waals surface area (Å²) in [5, 5.41) is 7.81. The fourth-order valence-electron chi connectivity index (χ4n) is 3.26. The van der Waals surface area contributed by atoms with Gasteiger partial charge in [-0.2, -0.15) is 4.72 Å². The van der Waals surface area contributed by atoms with Gasteiger partial charge in [0.15, 0.2) is 0 Å². The molecule has 1 aliphatic carbocycles. The Morgan fingerprint density at radius 1 is 1.03 bits per heavy atom. The molecule has 2 atom stereocenters. The van der Waals surface area contributed by atoms with E-state index in [4.69, 9.17) is 12.2 Å². The SMILES string of the molecule is C[C@@H](NC(=S)N[S@@+]([O-])C(C)(C)C)C1=C(P(c2ccccc2)c2ccccc2)C=CC1. The minimum absolute atomic E-state index is 0.0457. The van der Waals surface area contributed by atoms with Crippen LogP contribution in [0.2, 0.25) is 0 Å². The first-order valence-electron chi connectivity index (χ1n) is 10.1. The Bertz CT molecular complexity index is 884. The molecule has 3 rings (SSSR count). The first-order chi connectivity index (χ1) is 14.3. The molecular weight excluding hydrogens is 427 g/mol. The number of nitrogens with one attached hydrogen (secondary N) is 2. The first kappa shape index (κ1) is 23.0. The smallest absolute Gasteiger partial charge is 0.210 e. The van der Waals surface area contributed by atoms with E-state index in [0.29, 0.717) is 5.11 Å². The van der Waals surface area contributed by atoms with Gasteiger partial charge in [0.05, 0.1) is 11.4 Å². The van der Waals surface area contributed by atoms with Crippen molar-refractivity contribution in [3.63, 3.8) is 0 Å². The largest absolute Gasteiger partial charge is 0.593 e. The second kappa shape index (κ2) is 10.1. The Morgan fingerprint density at radius 2 is 1.57 bits per heavy atom. The summed E-state index contributed by atoms with van der Waals surface area (Å²) in [6, 6.07) is 21.5. The van der Waals surface area contributed by atoms with Crippen LogP contribution < -0.4 is 20.6 Å². The highest BCUT2D eigenvalue weighted by molar-refractivity contribution is 7.93. The quantitative estimate of drug-likeness (QED) is 0.377. The van der Waals surface area contributed by atoms with Gasteiger partial charge in [-0.1, -0.05) is 72.8 Å². The number of hydrogen-bond donors (Lipinski definition) is 2. The van der Waals surface area contributed by atoms with Gasteiger partial charge >= 0.3 is 0 Å². The van der Waals surface area contributed by atoms with Crippen molar-refractivity contribution in [2.75, 3.05) is 0 Å². The summed E-state index contributed by atoms with van der Waals surface area (Å²) < 4.78 is 14.9. The number of benzene rings is 2. The fraction of sp³-hybridized carbons (Fsp3) is 0.292. The molecule has 0 radical (unpaired) electrons. The van der Waals surface area contributed by atoms with Gasteiger partial charge in [0.1, 0.15) is 4.75 Å². The Kier molecular flexibility index (Phi) is 7.75. The average Bonchev–Trinajstić information content (AvgIpc) is 3.18. The van der Waals surface area contributed by atoms with Gasteiger partial charge in [-0.15, -0.1) is 0 Å². The van der Waals surface area contributed by atoms with E-state index < -0.39 is 19.3 Å². The van der Waals surface area contributed by atoms with Crippen LogP contribution in [0.4, 0.5) is 0 Å². The molecule has 30 heavy (non-hydrogen) atoms. The Balaban J connectivity index is 1.88. The van der Waals surface area contributed by atoms with Crippen LogP contribution >= 0.6 is 20.1 Å². The predicted octanol–water partition coefficient (Wildman–Crippen LogP) is 4.65. The van der Waals surface area contributed by atoms with E-state index in [1.165, 1.54) is 21.5 Å². The lowest BCUT2D eigenvalue weighted by Gasteiger charge is -2.27. The Morgan fingerprint density at radius 3 is 2.07 bits per heavy atom. The monoisotopic (exact) mass is 456 g/mol. The van der Waals surface area contributed by atoms with Gasteiger partial charge in [-0.05, 0) is 75.8 Å². The van der Waals surface area contributed by atoms with Crippen molar-refractivity contribution in [3.05, 3.63) is 83.7 Å². The standard InChI is InChI=1S/C24H29N2OPS2/c1-18(25-23(29)26-30(27)24(2,3)4)21-16-11-17-22(21)28(19-12-7-5-8-13-19)20-14-9-6-10-15-20/h5-15,17-18H,16H2,1-4H3,(H2,25,26,29)/t18-,30+/m1/s1. The van der Waals surface area contributed by atoms with Gasteiger partial charge in [-0.3, -0.25) is 0 Å². The summed E-state index contributed by atoms with van der Waals surface area (Å²) in [4.78, 5) is 0. The molecule has 6 heteroatoms. The van der Waals surface area contributed by atoms with Crippen molar-refractivity contribution >= 4 is 47.2 Å².